The minimum atomic E-state index is -0.0474. The molecule has 4 rings (SSSR count). The number of nitrogens with two attached hydrogens (primary N) is 1. The Morgan fingerprint density at radius 2 is 1.83 bits per heavy atom. The summed E-state index contributed by atoms with van der Waals surface area (Å²) in [6.07, 6.45) is 1.65. The van der Waals surface area contributed by atoms with Crippen molar-refractivity contribution >= 4 is 11.8 Å². The number of aromatic nitrogens is 2. The van der Waals surface area contributed by atoms with Crippen molar-refractivity contribution in [3.05, 3.63) is 36.5 Å². The van der Waals surface area contributed by atoms with Crippen molar-refractivity contribution in [2.24, 2.45) is 0 Å². The number of para-hydroxylation sites is 2. The van der Waals surface area contributed by atoms with Gasteiger partial charge in [-0.15, -0.1) is 0 Å². The molecule has 1 saturated heterocycles. The highest BCUT2D eigenvalue weighted by Crippen LogP contribution is 2.32. The highest BCUT2D eigenvalue weighted by Gasteiger charge is 2.30. The molecular weight excluding hydrogens is 294 g/mol. The van der Waals surface area contributed by atoms with E-state index in [0.29, 0.717) is 18.4 Å². The van der Waals surface area contributed by atoms with E-state index in [1.54, 1.807) is 12.3 Å². The molecule has 23 heavy (non-hydrogen) atoms. The lowest BCUT2D eigenvalue weighted by Crippen LogP contribution is -2.55. The fourth-order valence-electron chi connectivity index (χ4n) is 2.91. The van der Waals surface area contributed by atoms with Crippen LogP contribution in [-0.2, 0) is 0 Å². The van der Waals surface area contributed by atoms with Crippen LogP contribution in [0.3, 0.4) is 0 Å². The van der Waals surface area contributed by atoms with Crippen molar-refractivity contribution in [3.8, 4) is 11.5 Å². The van der Waals surface area contributed by atoms with E-state index >= 15 is 0 Å². The van der Waals surface area contributed by atoms with Crippen LogP contribution in [0, 0.1) is 0 Å². The van der Waals surface area contributed by atoms with E-state index in [4.69, 9.17) is 15.2 Å². The monoisotopic (exact) mass is 313 g/mol. The average molecular weight is 313 g/mol. The molecule has 0 aliphatic carbocycles. The molecule has 0 spiro atoms. The van der Waals surface area contributed by atoms with Crippen LogP contribution in [0.1, 0.15) is 0 Å². The highest BCUT2D eigenvalue weighted by molar-refractivity contribution is 5.41. The molecule has 0 radical (unpaired) electrons. The van der Waals surface area contributed by atoms with Crippen LogP contribution in [0.25, 0.3) is 0 Å². The molecule has 2 aromatic rings. The number of benzene rings is 1. The van der Waals surface area contributed by atoms with Crippen molar-refractivity contribution in [1.29, 1.82) is 0 Å². The summed E-state index contributed by atoms with van der Waals surface area (Å²) in [5, 5.41) is 0. The number of fused-ring (bicyclic) bond motifs is 1. The van der Waals surface area contributed by atoms with Crippen molar-refractivity contribution in [1.82, 2.24) is 14.9 Å². The molecule has 1 atom stereocenters. The van der Waals surface area contributed by atoms with Gasteiger partial charge in [0.15, 0.2) is 17.7 Å². The predicted molar refractivity (Wildman–Crippen MR) is 86.6 cm³/mol. The molecule has 2 aliphatic rings. The summed E-state index contributed by atoms with van der Waals surface area (Å²) in [6.45, 7) is 3.96. The van der Waals surface area contributed by atoms with Crippen LogP contribution in [0.4, 0.5) is 11.8 Å². The third-order valence-corrected chi connectivity index (χ3v) is 4.16. The fourth-order valence-corrected chi connectivity index (χ4v) is 2.91. The van der Waals surface area contributed by atoms with Crippen LogP contribution >= 0.6 is 0 Å². The van der Waals surface area contributed by atoms with E-state index in [-0.39, 0.29) is 6.23 Å². The Morgan fingerprint density at radius 3 is 2.61 bits per heavy atom. The average Bonchev–Trinajstić information content (AvgIpc) is 2.61. The molecule has 7 nitrogen and oxygen atoms in total. The minimum Gasteiger partial charge on any atom is -0.484 e. The van der Waals surface area contributed by atoms with E-state index < -0.39 is 0 Å². The Labute approximate surface area is 134 Å². The Balaban J connectivity index is 1.39. The molecule has 1 unspecified atom stereocenters. The third kappa shape index (κ3) is 2.87. The molecule has 2 aliphatic heterocycles. The fraction of sp³-hybridized carbons (Fsp3) is 0.375. The lowest BCUT2D eigenvalue weighted by molar-refractivity contribution is -0.0314. The number of piperazine rings is 1. The third-order valence-electron chi connectivity index (χ3n) is 4.16. The van der Waals surface area contributed by atoms with E-state index in [1.807, 2.05) is 24.3 Å². The maximum absolute atomic E-state index is 6.06. The second-order valence-corrected chi connectivity index (χ2v) is 5.63. The van der Waals surface area contributed by atoms with Crippen LogP contribution in [0.15, 0.2) is 36.5 Å². The first-order chi connectivity index (χ1) is 11.3. The molecule has 0 amide bonds. The SMILES string of the molecule is Nc1ccnc(N2CCN(C3COc4ccccc4O3)CC2)n1. The van der Waals surface area contributed by atoms with Crippen LogP contribution < -0.4 is 20.1 Å². The van der Waals surface area contributed by atoms with Gasteiger partial charge in [-0.2, -0.15) is 4.98 Å². The van der Waals surface area contributed by atoms with E-state index in [2.05, 4.69) is 19.8 Å². The highest BCUT2D eigenvalue weighted by atomic mass is 16.6. The molecule has 2 N–H and O–H groups in total. The molecule has 1 aromatic heterocycles. The summed E-state index contributed by atoms with van der Waals surface area (Å²) in [7, 11) is 0. The Morgan fingerprint density at radius 1 is 1.04 bits per heavy atom. The lowest BCUT2D eigenvalue weighted by Gasteiger charge is -2.40. The first kappa shape index (κ1) is 14.1. The van der Waals surface area contributed by atoms with Gasteiger partial charge in [-0.1, -0.05) is 12.1 Å². The topological polar surface area (TPSA) is 76.7 Å². The van der Waals surface area contributed by atoms with Gasteiger partial charge in [-0.3, -0.25) is 4.90 Å². The molecule has 0 bridgehead atoms. The quantitative estimate of drug-likeness (QED) is 0.885. The second kappa shape index (κ2) is 5.92. The van der Waals surface area contributed by atoms with Crippen molar-refractivity contribution < 1.29 is 9.47 Å². The Bertz CT molecular complexity index is 688. The maximum atomic E-state index is 6.06. The van der Waals surface area contributed by atoms with Gasteiger partial charge >= 0.3 is 0 Å². The maximum Gasteiger partial charge on any atom is 0.227 e. The number of nitrogen functional groups attached to an aromatic ring is 1. The predicted octanol–water partition coefficient (Wildman–Crippen LogP) is 0.978. The van der Waals surface area contributed by atoms with Crippen LogP contribution in [0.5, 0.6) is 11.5 Å². The number of hydrogen-bond acceptors (Lipinski definition) is 7. The van der Waals surface area contributed by atoms with Crippen molar-refractivity contribution in [2.45, 2.75) is 6.23 Å². The zero-order chi connectivity index (χ0) is 15.6. The van der Waals surface area contributed by atoms with E-state index in [0.717, 1.165) is 37.7 Å². The van der Waals surface area contributed by atoms with Gasteiger partial charge in [0.2, 0.25) is 5.95 Å². The standard InChI is InChI=1S/C16H19N5O2/c17-14-5-6-18-16(19-14)21-9-7-20(8-10-21)15-11-22-12-3-1-2-4-13(12)23-15/h1-6,15H,7-11H2,(H2,17,18,19). The molecule has 7 heteroatoms. The Hall–Kier alpha value is -2.54. The smallest absolute Gasteiger partial charge is 0.227 e. The largest absolute Gasteiger partial charge is 0.484 e. The van der Waals surface area contributed by atoms with E-state index in [9.17, 15) is 0 Å². The van der Waals surface area contributed by atoms with Gasteiger partial charge in [-0.05, 0) is 18.2 Å². The zero-order valence-corrected chi connectivity index (χ0v) is 12.8. The number of anilines is 2. The summed E-state index contributed by atoms with van der Waals surface area (Å²) in [4.78, 5) is 13.0. The van der Waals surface area contributed by atoms with Gasteiger partial charge in [0.1, 0.15) is 12.4 Å². The number of hydrogen-bond donors (Lipinski definition) is 1. The summed E-state index contributed by atoms with van der Waals surface area (Å²) < 4.78 is 11.9. The lowest BCUT2D eigenvalue weighted by atomic mass is 10.2. The van der Waals surface area contributed by atoms with Crippen LogP contribution in [-0.4, -0.2) is 53.9 Å². The summed E-state index contributed by atoms with van der Waals surface area (Å²) in [6, 6.07) is 9.48. The summed E-state index contributed by atoms with van der Waals surface area (Å²) >= 11 is 0. The molecule has 120 valence electrons. The summed E-state index contributed by atoms with van der Waals surface area (Å²) in [5.74, 6) is 2.81. The van der Waals surface area contributed by atoms with Gasteiger partial charge in [0, 0.05) is 32.4 Å². The number of ether oxygens (including phenoxy) is 2. The minimum absolute atomic E-state index is 0.0474. The molecular formula is C16H19N5O2. The molecule has 1 aromatic carbocycles. The normalized spacial score (nSPS) is 21.2. The molecule has 0 saturated carbocycles. The summed E-state index contributed by atoms with van der Waals surface area (Å²) in [5.41, 5.74) is 5.73. The molecule has 1 fully saturated rings. The van der Waals surface area contributed by atoms with Crippen molar-refractivity contribution in [3.63, 3.8) is 0 Å². The van der Waals surface area contributed by atoms with Crippen molar-refractivity contribution in [2.75, 3.05) is 43.4 Å². The number of rotatable bonds is 2. The first-order valence-corrected chi connectivity index (χ1v) is 7.75. The first-order valence-electron chi connectivity index (χ1n) is 7.75. The zero-order valence-electron chi connectivity index (χ0n) is 12.8. The second-order valence-electron chi connectivity index (χ2n) is 5.63. The van der Waals surface area contributed by atoms with Gasteiger partial charge < -0.3 is 20.1 Å². The van der Waals surface area contributed by atoms with Gasteiger partial charge in [0.25, 0.3) is 0 Å². The van der Waals surface area contributed by atoms with E-state index in [1.165, 1.54) is 0 Å². The Kier molecular flexibility index (Phi) is 3.63. The molecule has 3 heterocycles. The number of nitrogens with zero attached hydrogens (tertiary/aromatic N) is 4. The van der Waals surface area contributed by atoms with Gasteiger partial charge in [0.05, 0.1) is 0 Å². The van der Waals surface area contributed by atoms with Crippen LogP contribution in [0.2, 0.25) is 0 Å². The van der Waals surface area contributed by atoms with Gasteiger partial charge in [-0.25, -0.2) is 4.98 Å².